The van der Waals surface area contributed by atoms with Crippen molar-refractivity contribution in [3.8, 4) is 5.75 Å². The Morgan fingerprint density at radius 1 is 1.53 bits per heavy atom. The summed E-state index contributed by atoms with van der Waals surface area (Å²) >= 11 is 0. The van der Waals surface area contributed by atoms with Gasteiger partial charge in [0.1, 0.15) is 12.4 Å². The fraction of sp³-hybridized carbons (Fsp3) is 0.308. The van der Waals surface area contributed by atoms with E-state index in [1.54, 1.807) is 0 Å². The molecule has 1 aromatic carbocycles. The van der Waals surface area contributed by atoms with Gasteiger partial charge in [0, 0.05) is 11.1 Å². The molecule has 0 spiro atoms. The molecular weight excluding hydrogens is 188 g/mol. The van der Waals surface area contributed by atoms with Gasteiger partial charge in [0.2, 0.25) is 0 Å². The molecule has 0 N–H and O–H groups in total. The van der Waals surface area contributed by atoms with E-state index >= 15 is 0 Å². The Kier molecular flexibility index (Phi) is 2.79. The number of benzene rings is 1. The summed E-state index contributed by atoms with van der Waals surface area (Å²) in [5, 5.41) is 0. The van der Waals surface area contributed by atoms with Gasteiger partial charge in [0.05, 0.1) is 6.61 Å². The molecule has 78 valence electrons. The van der Waals surface area contributed by atoms with Crippen molar-refractivity contribution in [2.75, 3.05) is 6.61 Å². The molecule has 1 aliphatic heterocycles. The Morgan fingerprint density at radius 2 is 2.40 bits per heavy atom. The van der Waals surface area contributed by atoms with Crippen molar-refractivity contribution in [1.29, 1.82) is 0 Å². The maximum atomic E-state index is 5.55. The fourth-order valence-electron chi connectivity index (χ4n) is 1.59. The lowest BCUT2D eigenvalue weighted by Gasteiger charge is -2.05. The van der Waals surface area contributed by atoms with Crippen LogP contribution in [0.5, 0.6) is 5.75 Å². The van der Waals surface area contributed by atoms with E-state index < -0.39 is 0 Å². The Balaban J connectivity index is 2.25. The third-order valence-corrected chi connectivity index (χ3v) is 2.33. The van der Waals surface area contributed by atoms with Gasteiger partial charge in [-0.05, 0) is 24.6 Å². The van der Waals surface area contributed by atoms with Crippen molar-refractivity contribution in [1.82, 2.24) is 0 Å². The lowest BCUT2D eigenvalue weighted by Crippen LogP contribution is -1.95. The SMILES string of the molecule is C=C=C1OCc2cc(OCCC)ccc21. The number of hydrogen-bond acceptors (Lipinski definition) is 2. The number of hydrogen-bond donors (Lipinski definition) is 0. The van der Waals surface area contributed by atoms with Crippen LogP contribution in [0.4, 0.5) is 0 Å². The zero-order valence-electron chi connectivity index (χ0n) is 8.88. The van der Waals surface area contributed by atoms with Crippen LogP contribution < -0.4 is 4.74 Å². The minimum Gasteiger partial charge on any atom is -0.494 e. The molecular formula is C13H14O2. The van der Waals surface area contributed by atoms with E-state index in [0.717, 1.165) is 35.7 Å². The molecule has 0 fully saturated rings. The average Bonchev–Trinajstić information content (AvgIpc) is 2.68. The molecule has 0 amide bonds. The van der Waals surface area contributed by atoms with Crippen LogP contribution in [0.1, 0.15) is 24.5 Å². The smallest absolute Gasteiger partial charge is 0.169 e. The highest BCUT2D eigenvalue weighted by molar-refractivity contribution is 5.66. The predicted molar refractivity (Wildman–Crippen MR) is 59.6 cm³/mol. The topological polar surface area (TPSA) is 18.5 Å². The molecule has 0 saturated heterocycles. The largest absolute Gasteiger partial charge is 0.494 e. The van der Waals surface area contributed by atoms with Gasteiger partial charge in [0.15, 0.2) is 5.76 Å². The molecule has 1 heterocycles. The highest BCUT2D eigenvalue weighted by Gasteiger charge is 2.17. The first-order chi connectivity index (χ1) is 7.35. The minimum absolute atomic E-state index is 0.594. The molecule has 0 bridgehead atoms. The van der Waals surface area contributed by atoms with Crippen LogP contribution >= 0.6 is 0 Å². The molecule has 0 atom stereocenters. The number of fused-ring (bicyclic) bond motifs is 1. The molecule has 2 rings (SSSR count). The normalized spacial score (nSPS) is 13.0. The monoisotopic (exact) mass is 202 g/mol. The van der Waals surface area contributed by atoms with Crippen molar-refractivity contribution in [3.63, 3.8) is 0 Å². The van der Waals surface area contributed by atoms with Crippen molar-refractivity contribution < 1.29 is 9.47 Å². The summed E-state index contributed by atoms with van der Waals surface area (Å²) in [6.45, 7) is 7.04. The van der Waals surface area contributed by atoms with E-state index in [-0.39, 0.29) is 0 Å². The predicted octanol–water partition coefficient (Wildman–Crippen LogP) is 3.13. The molecule has 0 unspecified atom stereocenters. The fourth-order valence-corrected chi connectivity index (χ4v) is 1.59. The lowest BCUT2D eigenvalue weighted by molar-refractivity contribution is 0.284. The van der Waals surface area contributed by atoms with Crippen molar-refractivity contribution in [2.24, 2.45) is 0 Å². The van der Waals surface area contributed by atoms with Gasteiger partial charge >= 0.3 is 0 Å². The Labute approximate surface area is 89.8 Å². The van der Waals surface area contributed by atoms with Crippen LogP contribution in [0.15, 0.2) is 30.5 Å². The number of rotatable bonds is 3. The van der Waals surface area contributed by atoms with E-state index in [0.29, 0.717) is 6.61 Å². The quantitative estimate of drug-likeness (QED) is 0.701. The Morgan fingerprint density at radius 3 is 3.13 bits per heavy atom. The summed E-state index contributed by atoms with van der Waals surface area (Å²) in [6.07, 6.45) is 1.02. The summed E-state index contributed by atoms with van der Waals surface area (Å²) in [4.78, 5) is 0. The first-order valence-corrected chi connectivity index (χ1v) is 5.14. The van der Waals surface area contributed by atoms with E-state index in [9.17, 15) is 0 Å². The molecule has 1 aliphatic rings. The van der Waals surface area contributed by atoms with Crippen LogP contribution in [0.25, 0.3) is 5.76 Å². The third kappa shape index (κ3) is 1.90. The van der Waals surface area contributed by atoms with Gasteiger partial charge in [0.25, 0.3) is 0 Å². The molecule has 1 aromatic rings. The second-order valence-electron chi connectivity index (χ2n) is 3.46. The van der Waals surface area contributed by atoms with Crippen molar-refractivity contribution >= 4 is 5.76 Å². The van der Waals surface area contributed by atoms with Crippen LogP contribution in [-0.2, 0) is 11.3 Å². The van der Waals surface area contributed by atoms with E-state index in [1.807, 2.05) is 18.2 Å². The summed E-state index contributed by atoms with van der Waals surface area (Å²) < 4.78 is 11.0. The van der Waals surface area contributed by atoms with Gasteiger partial charge in [-0.3, -0.25) is 0 Å². The van der Waals surface area contributed by atoms with Gasteiger partial charge in [-0.15, -0.1) is 0 Å². The Hall–Kier alpha value is -1.66. The van der Waals surface area contributed by atoms with E-state index in [1.165, 1.54) is 0 Å². The zero-order valence-corrected chi connectivity index (χ0v) is 8.88. The summed E-state index contributed by atoms with van der Waals surface area (Å²) in [6, 6.07) is 5.98. The maximum absolute atomic E-state index is 5.55. The van der Waals surface area contributed by atoms with Gasteiger partial charge in [-0.1, -0.05) is 19.2 Å². The van der Waals surface area contributed by atoms with E-state index in [4.69, 9.17) is 9.47 Å². The molecule has 0 aromatic heterocycles. The lowest BCUT2D eigenvalue weighted by atomic mass is 10.1. The van der Waals surface area contributed by atoms with Crippen LogP contribution in [0.3, 0.4) is 0 Å². The van der Waals surface area contributed by atoms with Crippen LogP contribution in [-0.4, -0.2) is 6.61 Å². The third-order valence-electron chi connectivity index (χ3n) is 2.33. The summed E-state index contributed by atoms with van der Waals surface area (Å²) in [5.74, 6) is 1.65. The first kappa shape index (κ1) is 9.88. The minimum atomic E-state index is 0.594. The average molecular weight is 202 g/mol. The zero-order chi connectivity index (χ0) is 10.7. The molecule has 2 nitrogen and oxygen atoms in total. The highest BCUT2D eigenvalue weighted by atomic mass is 16.5. The van der Waals surface area contributed by atoms with Gasteiger partial charge in [-0.2, -0.15) is 0 Å². The maximum Gasteiger partial charge on any atom is 0.169 e. The second kappa shape index (κ2) is 4.24. The van der Waals surface area contributed by atoms with Crippen molar-refractivity contribution in [3.05, 3.63) is 41.6 Å². The second-order valence-corrected chi connectivity index (χ2v) is 3.46. The summed E-state index contributed by atoms with van der Waals surface area (Å²) in [7, 11) is 0. The van der Waals surface area contributed by atoms with E-state index in [2.05, 4.69) is 19.2 Å². The summed E-state index contributed by atoms with van der Waals surface area (Å²) in [5.41, 5.74) is 5.01. The van der Waals surface area contributed by atoms with Gasteiger partial charge in [-0.25, -0.2) is 0 Å². The standard InChI is InChI=1S/C13H14O2/c1-3-7-14-11-5-6-12-10(8-11)9-15-13(12)4-2/h5-6,8H,2-3,7,9H2,1H3. The Bertz CT molecular complexity index is 415. The highest BCUT2D eigenvalue weighted by Crippen LogP contribution is 2.31. The molecule has 0 saturated carbocycles. The molecule has 0 radical (unpaired) electrons. The number of ether oxygens (including phenoxy) is 2. The van der Waals surface area contributed by atoms with Crippen LogP contribution in [0, 0.1) is 0 Å². The molecule has 2 heteroatoms. The van der Waals surface area contributed by atoms with Gasteiger partial charge < -0.3 is 9.47 Å². The first-order valence-electron chi connectivity index (χ1n) is 5.14. The van der Waals surface area contributed by atoms with Crippen molar-refractivity contribution in [2.45, 2.75) is 20.0 Å². The van der Waals surface area contributed by atoms with Crippen LogP contribution in [0.2, 0.25) is 0 Å². The molecule has 15 heavy (non-hydrogen) atoms. The molecule has 0 aliphatic carbocycles.